The van der Waals surface area contributed by atoms with Gasteiger partial charge in [0.2, 0.25) is 0 Å². The number of carbonyl (C=O) groups is 1. The molecule has 0 aromatic heterocycles. The quantitative estimate of drug-likeness (QED) is 0.398. The van der Waals surface area contributed by atoms with Crippen molar-refractivity contribution in [2.45, 2.75) is 39.4 Å². The first kappa shape index (κ1) is 12.2. The van der Waals surface area contributed by atoms with Gasteiger partial charge in [-0.1, -0.05) is 13.3 Å². The van der Waals surface area contributed by atoms with Crippen molar-refractivity contribution >= 4 is 14.5 Å². The van der Waals surface area contributed by atoms with E-state index < -0.39 is 14.5 Å². The van der Waals surface area contributed by atoms with Crippen LogP contribution in [0.3, 0.4) is 0 Å². The number of carbonyl (C=O) groups excluding carboxylic acids is 1. The molecule has 0 bridgehead atoms. The first-order valence-electron chi connectivity index (χ1n) is 4.50. The second-order valence-corrected chi connectivity index (χ2v) is 8.17. The number of ether oxygens (including phenoxy) is 1. The van der Waals surface area contributed by atoms with E-state index in [1.54, 1.807) is 0 Å². The van der Waals surface area contributed by atoms with Gasteiger partial charge in [-0.25, -0.2) is 4.79 Å². The van der Waals surface area contributed by atoms with Gasteiger partial charge in [-0.05, 0) is 32.1 Å². The van der Waals surface area contributed by atoms with Crippen LogP contribution < -0.4 is 0 Å². The highest BCUT2D eigenvalue weighted by molar-refractivity contribution is 6.71. The number of unbranched alkanes of at least 4 members (excludes halogenated alkanes) is 1. The number of rotatable bonds is 4. The van der Waals surface area contributed by atoms with Crippen LogP contribution in [0.4, 0.5) is 4.79 Å². The Bertz CT molecular complexity index is 182. The lowest BCUT2D eigenvalue weighted by molar-refractivity contribution is 0.133. The third-order valence-electron chi connectivity index (χ3n) is 1.11. The van der Waals surface area contributed by atoms with E-state index in [0.717, 1.165) is 12.8 Å². The van der Waals surface area contributed by atoms with Crippen molar-refractivity contribution in [3.8, 4) is 0 Å². The average Bonchev–Trinajstić information content (AvgIpc) is 1.94. The van der Waals surface area contributed by atoms with Crippen molar-refractivity contribution in [1.82, 2.24) is 0 Å². The summed E-state index contributed by atoms with van der Waals surface area (Å²) in [7, 11) is -1.80. The van der Waals surface area contributed by atoms with Gasteiger partial charge in [0.05, 0.1) is 6.26 Å². The Morgan fingerprint density at radius 3 is 2.46 bits per heavy atom. The van der Waals surface area contributed by atoms with Crippen molar-refractivity contribution < 1.29 is 14.0 Å². The van der Waals surface area contributed by atoms with Crippen LogP contribution in [0.1, 0.15) is 19.8 Å². The van der Waals surface area contributed by atoms with E-state index in [0.29, 0.717) is 0 Å². The van der Waals surface area contributed by atoms with Crippen molar-refractivity contribution in [2.75, 3.05) is 0 Å². The summed E-state index contributed by atoms with van der Waals surface area (Å²) >= 11 is 0. The summed E-state index contributed by atoms with van der Waals surface area (Å²) in [5.74, 6) is 0. The summed E-state index contributed by atoms with van der Waals surface area (Å²) in [6.07, 6.45) is 4.58. The third kappa shape index (κ3) is 9.14. The fourth-order valence-corrected chi connectivity index (χ4v) is 1.16. The van der Waals surface area contributed by atoms with Crippen LogP contribution >= 0.6 is 0 Å². The summed E-state index contributed by atoms with van der Waals surface area (Å²) in [4.78, 5) is 11.0. The molecule has 0 aliphatic heterocycles. The van der Waals surface area contributed by atoms with E-state index in [4.69, 9.17) is 9.16 Å². The maximum Gasteiger partial charge on any atom is 0.499 e. The molecule has 0 aromatic carbocycles. The van der Waals surface area contributed by atoms with Gasteiger partial charge in [0.15, 0.2) is 0 Å². The minimum atomic E-state index is -1.80. The molecule has 0 amide bonds. The average molecular weight is 202 g/mol. The molecule has 0 radical (unpaired) electrons. The Morgan fingerprint density at radius 1 is 1.38 bits per heavy atom. The smallest absolute Gasteiger partial charge is 0.489 e. The normalized spacial score (nSPS) is 11.7. The maximum absolute atomic E-state index is 11.0. The van der Waals surface area contributed by atoms with Crippen LogP contribution in [0.15, 0.2) is 12.3 Å². The van der Waals surface area contributed by atoms with Crippen molar-refractivity contribution in [2.24, 2.45) is 0 Å². The highest BCUT2D eigenvalue weighted by Gasteiger charge is 2.20. The van der Waals surface area contributed by atoms with Gasteiger partial charge in [-0.15, -0.1) is 0 Å². The van der Waals surface area contributed by atoms with Crippen molar-refractivity contribution in [3.05, 3.63) is 12.3 Å². The van der Waals surface area contributed by atoms with Gasteiger partial charge in [0.25, 0.3) is 8.32 Å². The second-order valence-electron chi connectivity index (χ2n) is 3.74. The molecule has 0 spiro atoms. The summed E-state index contributed by atoms with van der Waals surface area (Å²) in [5, 5.41) is 0. The van der Waals surface area contributed by atoms with Gasteiger partial charge in [0, 0.05) is 0 Å². The molecule has 4 heteroatoms. The summed E-state index contributed by atoms with van der Waals surface area (Å²) in [5.41, 5.74) is 0. The molecule has 0 N–H and O–H groups in total. The predicted octanol–water partition coefficient (Wildman–Crippen LogP) is 3.29. The molecule has 0 heterocycles. The summed E-state index contributed by atoms with van der Waals surface area (Å²) in [6.45, 7) is 7.86. The SMILES string of the molecule is CCCC=COC(=O)O[Si](C)(C)C. The van der Waals surface area contributed by atoms with Crippen LogP contribution in [-0.2, 0) is 9.16 Å². The fourth-order valence-electron chi connectivity index (χ4n) is 0.612. The van der Waals surface area contributed by atoms with E-state index in [1.165, 1.54) is 6.26 Å². The van der Waals surface area contributed by atoms with Crippen molar-refractivity contribution in [3.63, 3.8) is 0 Å². The molecule has 76 valence electrons. The standard InChI is InChI=1S/C9H18O3Si/c1-5-6-7-8-11-9(10)12-13(2,3)4/h7-8H,5-6H2,1-4H3. The first-order valence-corrected chi connectivity index (χ1v) is 7.91. The number of hydrogen-bond acceptors (Lipinski definition) is 3. The Kier molecular flexibility index (Phi) is 5.46. The second kappa shape index (κ2) is 5.80. The monoisotopic (exact) mass is 202 g/mol. The predicted molar refractivity (Wildman–Crippen MR) is 55.0 cm³/mol. The van der Waals surface area contributed by atoms with Crippen LogP contribution in [0, 0.1) is 0 Å². The van der Waals surface area contributed by atoms with Gasteiger partial charge >= 0.3 is 6.16 Å². The lowest BCUT2D eigenvalue weighted by Gasteiger charge is -2.15. The van der Waals surface area contributed by atoms with Crippen LogP contribution in [0.2, 0.25) is 19.6 Å². The van der Waals surface area contributed by atoms with Gasteiger partial charge in [0.1, 0.15) is 0 Å². The van der Waals surface area contributed by atoms with Crippen LogP contribution in [0.5, 0.6) is 0 Å². The molecule has 13 heavy (non-hydrogen) atoms. The minimum Gasteiger partial charge on any atom is -0.489 e. The van der Waals surface area contributed by atoms with E-state index in [1.807, 2.05) is 25.7 Å². The van der Waals surface area contributed by atoms with Crippen molar-refractivity contribution in [1.29, 1.82) is 0 Å². The molecular weight excluding hydrogens is 184 g/mol. The molecule has 0 unspecified atom stereocenters. The first-order chi connectivity index (χ1) is 5.95. The molecule has 0 aliphatic rings. The zero-order valence-electron chi connectivity index (χ0n) is 8.79. The highest BCUT2D eigenvalue weighted by Crippen LogP contribution is 2.04. The molecule has 0 saturated heterocycles. The minimum absolute atomic E-state index is 0.591. The van der Waals surface area contributed by atoms with Gasteiger partial charge < -0.3 is 9.16 Å². The molecule has 0 fully saturated rings. The van der Waals surface area contributed by atoms with Gasteiger partial charge in [-0.3, -0.25) is 0 Å². The van der Waals surface area contributed by atoms with Gasteiger partial charge in [-0.2, -0.15) is 0 Å². The molecule has 0 aromatic rings. The molecule has 0 saturated carbocycles. The molecule has 0 rings (SSSR count). The Balaban J connectivity index is 3.64. The lowest BCUT2D eigenvalue weighted by atomic mass is 10.3. The summed E-state index contributed by atoms with van der Waals surface area (Å²) < 4.78 is 9.76. The molecular formula is C9H18O3Si. The number of allylic oxidation sites excluding steroid dienone is 1. The highest BCUT2D eigenvalue weighted by atomic mass is 28.4. The number of hydrogen-bond donors (Lipinski definition) is 0. The maximum atomic E-state index is 11.0. The molecule has 3 nitrogen and oxygen atoms in total. The van der Waals surface area contributed by atoms with Crippen LogP contribution in [-0.4, -0.2) is 14.5 Å². The lowest BCUT2D eigenvalue weighted by Crippen LogP contribution is -2.28. The Hall–Kier alpha value is -0.773. The third-order valence-corrected chi connectivity index (χ3v) is 1.88. The Labute approximate surface area is 80.9 Å². The van der Waals surface area contributed by atoms with E-state index in [-0.39, 0.29) is 0 Å². The fraction of sp³-hybridized carbons (Fsp3) is 0.667. The van der Waals surface area contributed by atoms with E-state index in [9.17, 15) is 4.79 Å². The largest absolute Gasteiger partial charge is 0.499 e. The Morgan fingerprint density at radius 2 is 2.00 bits per heavy atom. The topological polar surface area (TPSA) is 35.5 Å². The molecule has 0 aliphatic carbocycles. The molecule has 0 atom stereocenters. The summed E-state index contributed by atoms with van der Waals surface area (Å²) in [6, 6.07) is 0. The van der Waals surface area contributed by atoms with E-state index >= 15 is 0 Å². The zero-order valence-corrected chi connectivity index (χ0v) is 9.79. The van der Waals surface area contributed by atoms with E-state index in [2.05, 4.69) is 6.92 Å². The van der Waals surface area contributed by atoms with Crippen LogP contribution in [0.25, 0.3) is 0 Å². The zero-order chi connectivity index (χ0) is 10.3.